The van der Waals surface area contributed by atoms with Gasteiger partial charge in [-0.15, -0.1) is 0 Å². The van der Waals surface area contributed by atoms with Gasteiger partial charge in [0.25, 0.3) is 0 Å². The average Bonchev–Trinajstić information content (AvgIpc) is 3.29. The molecule has 160 valence electrons. The summed E-state index contributed by atoms with van der Waals surface area (Å²) in [6, 6.07) is 13.2. The first-order valence-corrected chi connectivity index (χ1v) is 10.6. The summed E-state index contributed by atoms with van der Waals surface area (Å²) in [5.41, 5.74) is 3.77. The summed E-state index contributed by atoms with van der Waals surface area (Å²) in [4.78, 5) is 31.8. The number of carboxylic acid groups (broad SMARTS) is 1. The zero-order chi connectivity index (χ0) is 21.6. The molecule has 1 aliphatic carbocycles. The number of carbonyl (C=O) groups is 2. The monoisotopic (exact) mass is 419 g/mol. The Bertz CT molecular complexity index is 1180. The highest BCUT2D eigenvalue weighted by atomic mass is 16.5. The Kier molecular flexibility index (Phi) is 4.78. The highest BCUT2D eigenvalue weighted by Gasteiger charge is 2.49. The Balaban J connectivity index is 1.49. The van der Waals surface area contributed by atoms with Crippen molar-refractivity contribution in [3.05, 3.63) is 59.2 Å². The maximum atomic E-state index is 13.7. The third kappa shape index (κ3) is 3.20. The lowest BCUT2D eigenvalue weighted by Crippen LogP contribution is -2.39. The minimum atomic E-state index is -0.936. The molecule has 0 radical (unpaired) electrons. The van der Waals surface area contributed by atoms with Crippen LogP contribution in [0.15, 0.2) is 42.5 Å². The third-order valence-electron chi connectivity index (χ3n) is 6.76. The summed E-state index contributed by atoms with van der Waals surface area (Å²) in [5.74, 6) is -0.174. The van der Waals surface area contributed by atoms with E-state index in [9.17, 15) is 14.7 Å². The molecular weight excluding hydrogens is 394 g/mol. The molecule has 1 aromatic heterocycles. The van der Waals surface area contributed by atoms with Gasteiger partial charge in [-0.25, -0.2) is 9.78 Å². The molecule has 2 aromatic carbocycles. The molecule has 1 unspecified atom stereocenters. The van der Waals surface area contributed by atoms with Crippen molar-refractivity contribution in [3.63, 3.8) is 0 Å². The fourth-order valence-electron chi connectivity index (χ4n) is 5.07. The number of para-hydroxylation sites is 2. The molecular formula is C24H25N3O4. The fraction of sp³-hybridized carbons (Fsp3) is 0.375. The molecule has 5 rings (SSSR count). The zero-order valence-corrected chi connectivity index (χ0v) is 17.5. The van der Waals surface area contributed by atoms with Gasteiger partial charge < -0.3 is 14.4 Å². The van der Waals surface area contributed by atoms with Crippen LogP contribution in [0.4, 0.5) is 5.95 Å². The van der Waals surface area contributed by atoms with Crippen LogP contribution in [0.2, 0.25) is 0 Å². The number of nitrogens with zero attached hydrogens (tertiary/aromatic N) is 3. The van der Waals surface area contributed by atoms with Crippen LogP contribution in [0.25, 0.3) is 11.0 Å². The van der Waals surface area contributed by atoms with Crippen molar-refractivity contribution in [2.24, 2.45) is 5.41 Å². The number of amides is 1. The van der Waals surface area contributed by atoms with E-state index in [0.717, 1.165) is 41.4 Å². The first-order chi connectivity index (χ1) is 15.0. The lowest BCUT2D eigenvalue weighted by molar-refractivity contribution is -0.126. The van der Waals surface area contributed by atoms with E-state index in [2.05, 4.69) is 4.57 Å². The molecule has 1 spiro atoms. The highest BCUT2D eigenvalue weighted by molar-refractivity contribution is 6.00. The van der Waals surface area contributed by atoms with Crippen LogP contribution in [-0.4, -0.2) is 46.8 Å². The largest absolute Gasteiger partial charge is 0.478 e. The normalized spacial score (nSPS) is 20.5. The minimum Gasteiger partial charge on any atom is -0.478 e. The Morgan fingerprint density at radius 2 is 2.03 bits per heavy atom. The number of hydrogen-bond donors (Lipinski definition) is 1. The van der Waals surface area contributed by atoms with Gasteiger partial charge >= 0.3 is 5.97 Å². The number of imidazole rings is 1. The summed E-state index contributed by atoms with van der Waals surface area (Å²) in [5, 5.41) is 9.36. The third-order valence-corrected chi connectivity index (χ3v) is 6.76. The molecule has 1 amide bonds. The molecule has 3 aromatic rings. The van der Waals surface area contributed by atoms with Crippen molar-refractivity contribution in [2.75, 3.05) is 25.2 Å². The maximum absolute atomic E-state index is 13.7. The van der Waals surface area contributed by atoms with E-state index < -0.39 is 11.4 Å². The first-order valence-electron chi connectivity index (χ1n) is 10.6. The number of carboxylic acids is 1. The van der Waals surface area contributed by atoms with E-state index in [1.165, 1.54) is 0 Å². The summed E-state index contributed by atoms with van der Waals surface area (Å²) in [7, 11) is 1.67. The number of rotatable bonds is 5. The summed E-state index contributed by atoms with van der Waals surface area (Å²) >= 11 is 0. The van der Waals surface area contributed by atoms with Gasteiger partial charge in [-0.05, 0) is 61.1 Å². The SMILES string of the molecule is COCCn1c(N2CCC3(CCc4ccc(C(=O)O)cc4C3)C2=O)nc2ccccc21. The Morgan fingerprint density at radius 3 is 2.84 bits per heavy atom. The molecule has 1 aliphatic heterocycles. The van der Waals surface area contributed by atoms with Crippen LogP contribution >= 0.6 is 0 Å². The molecule has 1 N–H and O–H groups in total. The molecule has 1 atom stereocenters. The predicted octanol–water partition coefficient (Wildman–Crippen LogP) is 3.29. The second kappa shape index (κ2) is 7.50. The topological polar surface area (TPSA) is 84.7 Å². The molecule has 0 bridgehead atoms. The van der Waals surface area contributed by atoms with Crippen molar-refractivity contribution < 1.29 is 19.4 Å². The molecule has 0 saturated carbocycles. The molecule has 2 heterocycles. The number of aromatic carboxylic acids is 1. The Morgan fingerprint density at radius 1 is 1.19 bits per heavy atom. The van der Waals surface area contributed by atoms with Gasteiger partial charge in [0.15, 0.2) is 0 Å². The number of carbonyl (C=O) groups excluding carboxylic acids is 1. The van der Waals surface area contributed by atoms with E-state index >= 15 is 0 Å². The van der Waals surface area contributed by atoms with E-state index in [-0.39, 0.29) is 11.5 Å². The van der Waals surface area contributed by atoms with Crippen LogP contribution in [-0.2, 0) is 28.9 Å². The summed E-state index contributed by atoms with van der Waals surface area (Å²) in [6.45, 7) is 1.77. The lowest BCUT2D eigenvalue weighted by Gasteiger charge is -2.33. The second-order valence-corrected chi connectivity index (χ2v) is 8.50. The molecule has 31 heavy (non-hydrogen) atoms. The van der Waals surface area contributed by atoms with Gasteiger partial charge in [-0.1, -0.05) is 18.2 Å². The maximum Gasteiger partial charge on any atom is 0.335 e. The summed E-state index contributed by atoms with van der Waals surface area (Å²) in [6.07, 6.45) is 2.89. The van der Waals surface area contributed by atoms with Crippen LogP contribution in [0.3, 0.4) is 0 Å². The minimum absolute atomic E-state index is 0.0906. The van der Waals surface area contributed by atoms with E-state index in [0.29, 0.717) is 32.1 Å². The van der Waals surface area contributed by atoms with Crippen LogP contribution < -0.4 is 4.90 Å². The number of fused-ring (bicyclic) bond motifs is 2. The van der Waals surface area contributed by atoms with Gasteiger partial charge in [0.1, 0.15) is 0 Å². The van der Waals surface area contributed by atoms with E-state index in [1.54, 1.807) is 19.2 Å². The highest BCUT2D eigenvalue weighted by Crippen LogP contribution is 2.45. The van der Waals surface area contributed by atoms with Crippen molar-refractivity contribution in [3.8, 4) is 0 Å². The molecule has 2 aliphatic rings. The Labute approximate surface area is 180 Å². The molecule has 7 nitrogen and oxygen atoms in total. The van der Waals surface area contributed by atoms with Crippen molar-refractivity contribution >= 4 is 28.9 Å². The molecule has 1 saturated heterocycles. The lowest BCUT2D eigenvalue weighted by atomic mass is 9.70. The van der Waals surface area contributed by atoms with Crippen LogP contribution in [0.1, 0.15) is 34.3 Å². The standard InChI is InChI=1S/C24H25N3O4/c1-31-13-12-26-20-5-3-2-4-19(20)25-23(26)27-11-10-24(22(27)30)9-8-16-6-7-17(21(28)29)14-18(16)15-24/h2-7,14H,8-13,15H2,1H3,(H,28,29). The molecule has 1 fully saturated rings. The van der Waals surface area contributed by atoms with Gasteiger partial charge in [-0.3, -0.25) is 9.69 Å². The number of methoxy groups -OCH3 is 1. The fourth-order valence-corrected chi connectivity index (χ4v) is 5.07. The number of aryl methyl sites for hydroxylation is 1. The van der Waals surface area contributed by atoms with Gasteiger partial charge in [0, 0.05) is 20.2 Å². The second-order valence-electron chi connectivity index (χ2n) is 8.50. The zero-order valence-electron chi connectivity index (χ0n) is 17.5. The van der Waals surface area contributed by atoms with Crippen molar-refractivity contribution in [1.29, 1.82) is 0 Å². The van der Waals surface area contributed by atoms with Crippen LogP contribution in [0, 0.1) is 5.41 Å². The number of hydrogen-bond acceptors (Lipinski definition) is 4. The van der Waals surface area contributed by atoms with Gasteiger partial charge in [0.2, 0.25) is 11.9 Å². The number of ether oxygens (including phenoxy) is 1. The van der Waals surface area contributed by atoms with E-state index in [1.807, 2.05) is 35.2 Å². The number of benzene rings is 2. The summed E-state index contributed by atoms with van der Waals surface area (Å²) < 4.78 is 7.35. The van der Waals surface area contributed by atoms with Crippen LogP contribution in [0.5, 0.6) is 0 Å². The van der Waals surface area contributed by atoms with Crippen molar-refractivity contribution in [2.45, 2.75) is 32.2 Å². The predicted molar refractivity (Wildman–Crippen MR) is 116 cm³/mol. The van der Waals surface area contributed by atoms with Gasteiger partial charge in [0.05, 0.1) is 28.6 Å². The average molecular weight is 419 g/mol. The number of anilines is 1. The first kappa shape index (κ1) is 19.8. The Hall–Kier alpha value is -3.19. The molecule has 7 heteroatoms. The number of aromatic nitrogens is 2. The van der Waals surface area contributed by atoms with E-state index in [4.69, 9.17) is 9.72 Å². The smallest absolute Gasteiger partial charge is 0.335 e. The quantitative estimate of drug-likeness (QED) is 0.686. The van der Waals surface area contributed by atoms with Gasteiger partial charge in [-0.2, -0.15) is 0 Å². The van der Waals surface area contributed by atoms with Crippen molar-refractivity contribution in [1.82, 2.24) is 9.55 Å².